The fourth-order valence-electron chi connectivity index (χ4n) is 5.59. The summed E-state index contributed by atoms with van der Waals surface area (Å²) < 4.78 is 11.3. The van der Waals surface area contributed by atoms with Crippen LogP contribution in [0.1, 0.15) is 207 Å². The number of hydrogen-bond donors (Lipinski definition) is 1. The molecular weight excluding hydrogens is 522 g/mol. The zero-order valence-electron chi connectivity index (χ0n) is 28.6. The predicted molar refractivity (Wildman–Crippen MR) is 180 cm³/mol. The van der Waals surface area contributed by atoms with Gasteiger partial charge in [0, 0.05) is 6.42 Å². The Morgan fingerprint density at radius 2 is 0.857 bits per heavy atom. The molecule has 0 saturated carbocycles. The number of ether oxygens (including phenoxy) is 2. The molecule has 2 N–H and O–H groups in total. The van der Waals surface area contributed by atoms with Crippen LogP contribution in [0.15, 0.2) is 0 Å². The number of unbranched alkanes of at least 4 members (excludes halogenated alkanes) is 22. The average Bonchev–Trinajstić information content (AvgIpc) is 2.99. The highest BCUT2D eigenvalue weighted by atomic mass is 16.5. The summed E-state index contributed by atoms with van der Waals surface area (Å²) in [5.74, 6) is -0.614. The molecule has 0 aromatic carbocycles. The van der Waals surface area contributed by atoms with Crippen LogP contribution in [0, 0.1) is 0 Å². The molecule has 0 aliphatic carbocycles. The van der Waals surface area contributed by atoms with Crippen LogP contribution in [0.5, 0.6) is 0 Å². The molecule has 5 nitrogen and oxygen atoms in total. The largest absolute Gasteiger partial charge is 0.466 e. The SMILES string of the molecule is CCCCCCCCCCCCOC(=O)CC[C@H](N)C(=O)OC(CCCCCCCC)CCCCCCCCCCC. The van der Waals surface area contributed by atoms with E-state index in [0.29, 0.717) is 6.61 Å². The van der Waals surface area contributed by atoms with Gasteiger partial charge in [-0.05, 0) is 38.5 Å². The van der Waals surface area contributed by atoms with Gasteiger partial charge in [0.15, 0.2) is 0 Å². The van der Waals surface area contributed by atoms with Crippen LogP contribution in [-0.2, 0) is 19.1 Å². The molecule has 0 saturated heterocycles. The van der Waals surface area contributed by atoms with Crippen molar-refractivity contribution in [1.29, 1.82) is 0 Å². The molecule has 2 atom stereocenters. The Hall–Kier alpha value is -1.10. The lowest BCUT2D eigenvalue weighted by molar-refractivity contribution is -0.152. The van der Waals surface area contributed by atoms with Crippen molar-refractivity contribution in [2.45, 2.75) is 219 Å². The van der Waals surface area contributed by atoms with Crippen molar-refractivity contribution in [3.63, 3.8) is 0 Å². The Bertz CT molecular complexity index is 582. The minimum Gasteiger partial charge on any atom is -0.466 e. The van der Waals surface area contributed by atoms with Crippen molar-refractivity contribution in [3.8, 4) is 0 Å². The second-order valence-corrected chi connectivity index (χ2v) is 12.8. The second kappa shape index (κ2) is 32.8. The van der Waals surface area contributed by atoms with Gasteiger partial charge in [0.1, 0.15) is 12.1 Å². The Morgan fingerprint density at radius 3 is 1.26 bits per heavy atom. The van der Waals surface area contributed by atoms with E-state index < -0.39 is 6.04 Å². The lowest BCUT2D eigenvalue weighted by Crippen LogP contribution is -2.35. The van der Waals surface area contributed by atoms with E-state index >= 15 is 0 Å². The highest BCUT2D eigenvalue weighted by Gasteiger charge is 2.21. The Balaban J connectivity index is 4.14. The number of carbonyl (C=O) groups excluding carboxylic acids is 2. The molecule has 0 fully saturated rings. The van der Waals surface area contributed by atoms with Gasteiger partial charge >= 0.3 is 11.9 Å². The third-order valence-corrected chi connectivity index (χ3v) is 8.52. The van der Waals surface area contributed by atoms with Crippen LogP contribution in [0.2, 0.25) is 0 Å². The molecule has 0 aromatic rings. The molecule has 0 bridgehead atoms. The first-order valence-electron chi connectivity index (χ1n) is 18.7. The van der Waals surface area contributed by atoms with Crippen molar-refractivity contribution in [2.75, 3.05) is 6.61 Å². The van der Waals surface area contributed by atoms with E-state index in [1.165, 1.54) is 135 Å². The van der Waals surface area contributed by atoms with Gasteiger partial charge in [-0.25, -0.2) is 0 Å². The number of hydrogen-bond acceptors (Lipinski definition) is 5. The van der Waals surface area contributed by atoms with Gasteiger partial charge in [-0.1, -0.05) is 162 Å². The van der Waals surface area contributed by atoms with Crippen LogP contribution in [0.25, 0.3) is 0 Å². The summed E-state index contributed by atoms with van der Waals surface area (Å²) in [6.45, 7) is 7.22. The number of carbonyl (C=O) groups is 2. The summed E-state index contributed by atoms with van der Waals surface area (Å²) in [4.78, 5) is 24.9. The smallest absolute Gasteiger partial charge is 0.323 e. The summed E-state index contributed by atoms with van der Waals surface area (Å²) in [6, 6.07) is -0.759. The molecule has 5 heteroatoms. The van der Waals surface area contributed by atoms with E-state index in [-0.39, 0.29) is 30.9 Å². The quantitative estimate of drug-likeness (QED) is 0.0603. The zero-order chi connectivity index (χ0) is 30.9. The third-order valence-electron chi connectivity index (χ3n) is 8.52. The average molecular weight is 596 g/mol. The second-order valence-electron chi connectivity index (χ2n) is 12.8. The van der Waals surface area contributed by atoms with E-state index in [1.807, 2.05) is 0 Å². The normalized spacial score (nSPS) is 12.8. The number of nitrogens with two attached hydrogens (primary N) is 1. The van der Waals surface area contributed by atoms with E-state index in [4.69, 9.17) is 15.2 Å². The standard InChI is InChI=1S/C37H73NO4/c1-4-7-10-13-16-18-20-22-25-28-33-41-36(39)32-31-35(38)37(40)42-34(29-26-23-15-12-9-6-3)30-27-24-21-19-17-14-11-8-5-2/h34-35H,4-33,38H2,1-3H3/t34?,35-/m0/s1. The minimum atomic E-state index is -0.759. The van der Waals surface area contributed by atoms with E-state index in [1.54, 1.807) is 0 Å². The fourth-order valence-corrected chi connectivity index (χ4v) is 5.59. The Kier molecular flexibility index (Phi) is 31.9. The molecule has 250 valence electrons. The molecule has 0 heterocycles. The van der Waals surface area contributed by atoms with Crippen molar-refractivity contribution in [2.24, 2.45) is 5.73 Å². The maximum absolute atomic E-state index is 12.8. The third kappa shape index (κ3) is 29.0. The molecule has 42 heavy (non-hydrogen) atoms. The molecule has 0 aliphatic rings. The van der Waals surface area contributed by atoms with Gasteiger partial charge in [-0.2, -0.15) is 0 Å². The van der Waals surface area contributed by atoms with Gasteiger partial charge in [0.05, 0.1) is 6.61 Å². The number of esters is 2. The summed E-state index contributed by atoms with van der Waals surface area (Å²) in [6.07, 6.45) is 33.8. The van der Waals surface area contributed by atoms with Gasteiger partial charge in [0.2, 0.25) is 0 Å². The molecular formula is C37H73NO4. The van der Waals surface area contributed by atoms with Crippen molar-refractivity contribution in [1.82, 2.24) is 0 Å². The zero-order valence-corrected chi connectivity index (χ0v) is 28.6. The number of rotatable bonds is 33. The molecule has 0 rings (SSSR count). The van der Waals surface area contributed by atoms with Crippen LogP contribution in [-0.4, -0.2) is 30.7 Å². The van der Waals surface area contributed by atoms with Gasteiger partial charge < -0.3 is 15.2 Å². The molecule has 0 spiro atoms. The molecule has 0 aromatic heterocycles. The molecule has 0 radical (unpaired) electrons. The lowest BCUT2D eigenvalue weighted by atomic mass is 10.0. The van der Waals surface area contributed by atoms with Gasteiger partial charge in [-0.15, -0.1) is 0 Å². The van der Waals surface area contributed by atoms with Crippen molar-refractivity contribution >= 4 is 11.9 Å². The lowest BCUT2D eigenvalue weighted by Gasteiger charge is -2.20. The van der Waals surface area contributed by atoms with Crippen molar-refractivity contribution in [3.05, 3.63) is 0 Å². The minimum absolute atomic E-state index is 0.0532. The highest BCUT2D eigenvalue weighted by Crippen LogP contribution is 2.18. The van der Waals surface area contributed by atoms with E-state index in [2.05, 4.69) is 20.8 Å². The summed E-state index contributed by atoms with van der Waals surface area (Å²) in [7, 11) is 0. The summed E-state index contributed by atoms with van der Waals surface area (Å²) in [5.41, 5.74) is 6.15. The summed E-state index contributed by atoms with van der Waals surface area (Å²) in [5, 5.41) is 0. The van der Waals surface area contributed by atoms with Crippen LogP contribution in [0.3, 0.4) is 0 Å². The fraction of sp³-hybridized carbons (Fsp3) is 0.946. The van der Waals surface area contributed by atoms with E-state index in [9.17, 15) is 9.59 Å². The first kappa shape index (κ1) is 40.9. The first-order chi connectivity index (χ1) is 20.5. The van der Waals surface area contributed by atoms with Gasteiger partial charge in [-0.3, -0.25) is 9.59 Å². The van der Waals surface area contributed by atoms with E-state index in [0.717, 1.165) is 38.5 Å². The predicted octanol–water partition coefficient (Wildman–Crippen LogP) is 11.1. The maximum Gasteiger partial charge on any atom is 0.323 e. The topological polar surface area (TPSA) is 78.6 Å². The monoisotopic (exact) mass is 596 g/mol. The molecule has 0 aliphatic heterocycles. The molecule has 1 unspecified atom stereocenters. The Morgan fingerprint density at radius 1 is 0.500 bits per heavy atom. The van der Waals surface area contributed by atoms with Crippen molar-refractivity contribution < 1.29 is 19.1 Å². The van der Waals surface area contributed by atoms with Crippen LogP contribution >= 0.6 is 0 Å². The summed E-state index contributed by atoms with van der Waals surface area (Å²) >= 11 is 0. The first-order valence-corrected chi connectivity index (χ1v) is 18.7. The van der Waals surface area contributed by atoms with Crippen LogP contribution in [0.4, 0.5) is 0 Å². The molecule has 0 amide bonds. The van der Waals surface area contributed by atoms with Gasteiger partial charge in [0.25, 0.3) is 0 Å². The highest BCUT2D eigenvalue weighted by molar-refractivity contribution is 5.77. The van der Waals surface area contributed by atoms with Crippen LogP contribution < -0.4 is 5.73 Å². The Labute approximate surface area is 262 Å². The maximum atomic E-state index is 12.8.